The fraction of sp³-hybridized carbons (Fsp3) is 1.00. The van der Waals surface area contributed by atoms with Crippen molar-refractivity contribution >= 4 is 0 Å². The first-order chi connectivity index (χ1) is 4.57. The van der Waals surface area contributed by atoms with Crippen molar-refractivity contribution in [1.29, 1.82) is 0 Å². The van der Waals surface area contributed by atoms with Crippen molar-refractivity contribution in [3.63, 3.8) is 0 Å². The van der Waals surface area contributed by atoms with E-state index in [2.05, 4.69) is 18.7 Å². The van der Waals surface area contributed by atoms with Crippen LogP contribution in [0, 0.1) is 5.92 Å². The van der Waals surface area contributed by atoms with Gasteiger partial charge in [-0.05, 0) is 26.4 Å². The largest absolute Gasteiger partial charge is 0.395 e. The van der Waals surface area contributed by atoms with E-state index in [1.165, 1.54) is 0 Å². The first kappa shape index (κ1) is 9.92. The molecule has 0 saturated heterocycles. The number of aliphatic hydroxyl groups excluding tert-OH is 1. The Bertz CT molecular complexity index is 81.3. The molecule has 0 heterocycles. The molecule has 0 radical (unpaired) electrons. The van der Waals surface area contributed by atoms with E-state index < -0.39 is 0 Å². The van der Waals surface area contributed by atoms with Crippen LogP contribution in [0.25, 0.3) is 0 Å². The van der Waals surface area contributed by atoms with Gasteiger partial charge in [0.05, 0.1) is 6.61 Å². The molecule has 1 N–H and O–H groups in total. The van der Waals surface area contributed by atoms with Crippen molar-refractivity contribution < 1.29 is 5.11 Å². The Labute approximate surface area is 63.8 Å². The molecular weight excluding hydrogens is 126 g/mol. The summed E-state index contributed by atoms with van der Waals surface area (Å²) in [7, 11) is 4.01. The molecule has 2 heteroatoms. The minimum Gasteiger partial charge on any atom is -0.395 e. The van der Waals surface area contributed by atoms with E-state index in [0.29, 0.717) is 12.0 Å². The molecule has 10 heavy (non-hydrogen) atoms. The summed E-state index contributed by atoms with van der Waals surface area (Å²) in [5, 5.41) is 8.90. The Balaban J connectivity index is 3.60. The van der Waals surface area contributed by atoms with Gasteiger partial charge in [-0.3, -0.25) is 0 Å². The second-order valence-electron chi connectivity index (χ2n) is 3.43. The lowest BCUT2D eigenvalue weighted by Crippen LogP contribution is -2.32. The summed E-state index contributed by atoms with van der Waals surface area (Å²) in [5.74, 6) is 0.666. The Hall–Kier alpha value is -0.0800. The minimum absolute atomic E-state index is 0.269. The second-order valence-corrected chi connectivity index (χ2v) is 3.43. The third kappa shape index (κ3) is 3.85. The summed E-state index contributed by atoms with van der Waals surface area (Å²) in [6, 6.07) is 0.333. The lowest BCUT2D eigenvalue weighted by atomic mass is 10.0. The number of aliphatic hydroxyl groups is 1. The molecule has 0 rings (SSSR count). The molecule has 62 valence electrons. The highest BCUT2D eigenvalue weighted by atomic mass is 16.3. The molecule has 0 saturated carbocycles. The number of hydrogen-bond acceptors (Lipinski definition) is 2. The normalized spacial score (nSPS) is 14.7. The van der Waals surface area contributed by atoms with Gasteiger partial charge in [0, 0.05) is 6.04 Å². The molecule has 0 unspecified atom stereocenters. The molecule has 0 aromatic heterocycles. The second kappa shape index (κ2) is 4.69. The van der Waals surface area contributed by atoms with Crippen molar-refractivity contribution in [1.82, 2.24) is 4.90 Å². The van der Waals surface area contributed by atoms with Gasteiger partial charge in [-0.25, -0.2) is 0 Å². The van der Waals surface area contributed by atoms with E-state index in [4.69, 9.17) is 5.11 Å². The molecule has 0 spiro atoms. The fourth-order valence-corrected chi connectivity index (χ4v) is 0.993. The summed E-state index contributed by atoms with van der Waals surface area (Å²) >= 11 is 0. The average Bonchev–Trinajstić information content (AvgIpc) is 1.81. The van der Waals surface area contributed by atoms with Gasteiger partial charge in [0.25, 0.3) is 0 Å². The number of hydrogen-bond donors (Lipinski definition) is 1. The molecule has 0 aliphatic rings. The zero-order valence-corrected chi connectivity index (χ0v) is 7.46. The standard InChI is InChI=1S/C8H19NO/c1-7(2)5-8(6-10)9(3)4/h7-8,10H,5-6H2,1-4H3/t8-/m1/s1. The quantitative estimate of drug-likeness (QED) is 0.637. The lowest BCUT2D eigenvalue weighted by Gasteiger charge is -2.23. The van der Waals surface area contributed by atoms with E-state index in [1.54, 1.807) is 0 Å². The third-order valence-electron chi connectivity index (χ3n) is 1.68. The van der Waals surface area contributed by atoms with Crippen LogP contribution in [-0.4, -0.2) is 36.8 Å². The van der Waals surface area contributed by atoms with Crippen LogP contribution in [0.3, 0.4) is 0 Å². The van der Waals surface area contributed by atoms with Gasteiger partial charge >= 0.3 is 0 Å². The molecule has 2 nitrogen and oxygen atoms in total. The SMILES string of the molecule is CC(C)C[C@H](CO)N(C)C. The van der Waals surface area contributed by atoms with E-state index in [9.17, 15) is 0 Å². The van der Waals surface area contributed by atoms with Crippen LogP contribution in [0.5, 0.6) is 0 Å². The molecule has 0 fully saturated rings. The van der Waals surface area contributed by atoms with E-state index >= 15 is 0 Å². The molecule has 0 aromatic rings. The highest BCUT2D eigenvalue weighted by Gasteiger charge is 2.10. The average molecular weight is 145 g/mol. The summed E-state index contributed by atoms with van der Waals surface area (Å²) in [4.78, 5) is 2.07. The van der Waals surface area contributed by atoms with Crippen molar-refractivity contribution in [2.24, 2.45) is 5.92 Å². The highest BCUT2D eigenvalue weighted by molar-refractivity contribution is 4.65. The molecule has 0 aromatic carbocycles. The minimum atomic E-state index is 0.269. The molecule has 0 amide bonds. The van der Waals surface area contributed by atoms with Gasteiger partial charge in [-0.1, -0.05) is 13.8 Å². The van der Waals surface area contributed by atoms with Crippen LogP contribution in [0.15, 0.2) is 0 Å². The van der Waals surface area contributed by atoms with Crippen molar-refractivity contribution in [3.05, 3.63) is 0 Å². The van der Waals surface area contributed by atoms with E-state index in [0.717, 1.165) is 6.42 Å². The first-order valence-corrected chi connectivity index (χ1v) is 3.85. The fourth-order valence-electron chi connectivity index (χ4n) is 0.993. The molecule has 0 aliphatic carbocycles. The maximum Gasteiger partial charge on any atom is 0.0586 e. The maximum atomic E-state index is 8.90. The van der Waals surface area contributed by atoms with Gasteiger partial charge in [-0.2, -0.15) is 0 Å². The third-order valence-corrected chi connectivity index (χ3v) is 1.68. The summed E-state index contributed by atoms with van der Waals surface area (Å²) in [6.07, 6.45) is 1.07. The van der Waals surface area contributed by atoms with Crippen LogP contribution in [-0.2, 0) is 0 Å². The van der Waals surface area contributed by atoms with Crippen LogP contribution < -0.4 is 0 Å². The molecular formula is C8H19NO. The zero-order chi connectivity index (χ0) is 8.15. The van der Waals surface area contributed by atoms with Crippen LogP contribution >= 0.6 is 0 Å². The molecule has 0 aliphatic heterocycles. The van der Waals surface area contributed by atoms with Gasteiger partial charge in [0.2, 0.25) is 0 Å². The van der Waals surface area contributed by atoms with Gasteiger partial charge < -0.3 is 10.0 Å². The Kier molecular flexibility index (Phi) is 4.65. The number of nitrogens with zero attached hydrogens (tertiary/aromatic N) is 1. The smallest absolute Gasteiger partial charge is 0.0586 e. The van der Waals surface area contributed by atoms with Crippen molar-refractivity contribution in [2.45, 2.75) is 26.3 Å². The highest BCUT2D eigenvalue weighted by Crippen LogP contribution is 2.07. The summed E-state index contributed by atoms with van der Waals surface area (Å²) in [6.45, 7) is 4.61. The first-order valence-electron chi connectivity index (χ1n) is 3.85. The molecule has 1 atom stereocenters. The number of rotatable bonds is 4. The topological polar surface area (TPSA) is 23.5 Å². The van der Waals surface area contributed by atoms with E-state index in [1.807, 2.05) is 14.1 Å². The van der Waals surface area contributed by atoms with E-state index in [-0.39, 0.29) is 6.61 Å². The maximum absolute atomic E-state index is 8.90. The Morgan fingerprint density at radius 1 is 1.30 bits per heavy atom. The monoisotopic (exact) mass is 145 g/mol. The Morgan fingerprint density at radius 2 is 1.80 bits per heavy atom. The van der Waals surface area contributed by atoms with Gasteiger partial charge in [0.15, 0.2) is 0 Å². The van der Waals surface area contributed by atoms with Crippen molar-refractivity contribution in [2.75, 3.05) is 20.7 Å². The molecule has 0 bridgehead atoms. The Morgan fingerprint density at radius 3 is 1.90 bits per heavy atom. The van der Waals surface area contributed by atoms with Gasteiger partial charge in [-0.15, -0.1) is 0 Å². The summed E-state index contributed by atoms with van der Waals surface area (Å²) < 4.78 is 0. The lowest BCUT2D eigenvalue weighted by molar-refractivity contribution is 0.150. The zero-order valence-electron chi connectivity index (χ0n) is 7.46. The van der Waals surface area contributed by atoms with Crippen molar-refractivity contribution in [3.8, 4) is 0 Å². The number of likely N-dealkylation sites (N-methyl/N-ethyl adjacent to an activating group) is 1. The predicted octanol–water partition coefficient (Wildman–Crippen LogP) is 0.955. The summed E-state index contributed by atoms with van der Waals surface area (Å²) in [5.41, 5.74) is 0. The van der Waals surface area contributed by atoms with Crippen LogP contribution in [0.4, 0.5) is 0 Å². The van der Waals surface area contributed by atoms with Crippen LogP contribution in [0.2, 0.25) is 0 Å². The van der Waals surface area contributed by atoms with Crippen LogP contribution in [0.1, 0.15) is 20.3 Å². The predicted molar refractivity (Wildman–Crippen MR) is 44.0 cm³/mol. The van der Waals surface area contributed by atoms with Gasteiger partial charge in [0.1, 0.15) is 0 Å².